The van der Waals surface area contributed by atoms with E-state index in [-0.39, 0.29) is 0 Å². The van der Waals surface area contributed by atoms with Crippen LogP contribution in [-0.4, -0.2) is 11.1 Å². The lowest BCUT2D eigenvalue weighted by atomic mass is 9.92. The van der Waals surface area contributed by atoms with Gasteiger partial charge in [-0.2, -0.15) is 5.26 Å². The summed E-state index contributed by atoms with van der Waals surface area (Å²) >= 11 is 0. The minimum absolute atomic E-state index is 0.422. The quantitative estimate of drug-likeness (QED) is 0.908. The van der Waals surface area contributed by atoms with E-state index in [0.29, 0.717) is 12.0 Å². The molecular weight excluding hydrogens is 238 g/mol. The van der Waals surface area contributed by atoms with Gasteiger partial charge in [0.15, 0.2) is 0 Å². The number of rotatable bonds is 4. The van der Waals surface area contributed by atoms with Crippen LogP contribution in [0.4, 0.5) is 0 Å². The molecule has 0 saturated heterocycles. The van der Waals surface area contributed by atoms with Crippen LogP contribution in [0.5, 0.6) is 0 Å². The molecular formula is C16H13NO2. The Labute approximate surface area is 111 Å². The van der Waals surface area contributed by atoms with Gasteiger partial charge in [-0.1, -0.05) is 42.5 Å². The Kier molecular flexibility index (Phi) is 3.94. The van der Waals surface area contributed by atoms with E-state index in [1.807, 2.05) is 36.4 Å². The standard InChI is InChI=1S/C16H13NO2/c17-11-13-8-6-12(7-9-13)10-15(16(18)19)14-4-2-1-3-5-14/h1-9,15H,10H2,(H,18,19). The zero-order valence-corrected chi connectivity index (χ0v) is 10.3. The average Bonchev–Trinajstić information content (AvgIpc) is 2.46. The van der Waals surface area contributed by atoms with E-state index in [1.54, 1.807) is 24.3 Å². The Balaban J connectivity index is 2.22. The fraction of sp³-hybridized carbons (Fsp3) is 0.125. The van der Waals surface area contributed by atoms with Crippen LogP contribution >= 0.6 is 0 Å². The smallest absolute Gasteiger partial charge is 0.311 e. The monoisotopic (exact) mass is 251 g/mol. The van der Waals surface area contributed by atoms with Crippen LogP contribution in [0.1, 0.15) is 22.6 Å². The van der Waals surface area contributed by atoms with Gasteiger partial charge in [-0.15, -0.1) is 0 Å². The molecule has 0 radical (unpaired) electrons. The number of nitriles is 1. The SMILES string of the molecule is N#Cc1ccc(CC(C(=O)O)c2ccccc2)cc1. The van der Waals surface area contributed by atoms with Gasteiger partial charge in [0.05, 0.1) is 17.6 Å². The molecule has 0 aliphatic carbocycles. The molecule has 1 unspecified atom stereocenters. The van der Waals surface area contributed by atoms with Crippen molar-refractivity contribution in [2.45, 2.75) is 12.3 Å². The Morgan fingerprint density at radius 2 is 1.74 bits per heavy atom. The number of aliphatic carboxylic acids is 1. The first-order valence-electron chi connectivity index (χ1n) is 5.97. The van der Waals surface area contributed by atoms with E-state index < -0.39 is 11.9 Å². The number of hydrogen-bond donors (Lipinski definition) is 1. The summed E-state index contributed by atoms with van der Waals surface area (Å²) in [6.45, 7) is 0. The van der Waals surface area contributed by atoms with Crippen LogP contribution in [0.3, 0.4) is 0 Å². The van der Waals surface area contributed by atoms with Gasteiger partial charge in [-0.3, -0.25) is 4.79 Å². The Hall–Kier alpha value is -2.60. The summed E-state index contributed by atoms with van der Waals surface area (Å²) in [6, 6.07) is 18.3. The maximum absolute atomic E-state index is 11.4. The molecule has 1 atom stereocenters. The highest BCUT2D eigenvalue weighted by Crippen LogP contribution is 2.21. The normalized spacial score (nSPS) is 11.5. The van der Waals surface area contributed by atoms with Gasteiger partial charge >= 0.3 is 5.97 Å². The van der Waals surface area contributed by atoms with Crippen molar-refractivity contribution >= 4 is 5.97 Å². The molecule has 2 aromatic carbocycles. The lowest BCUT2D eigenvalue weighted by Gasteiger charge is -2.12. The predicted octanol–water partition coefficient (Wildman–Crippen LogP) is 2.97. The molecule has 0 aliphatic rings. The molecule has 0 aromatic heterocycles. The topological polar surface area (TPSA) is 61.1 Å². The molecule has 3 heteroatoms. The fourth-order valence-corrected chi connectivity index (χ4v) is 1.98. The highest BCUT2D eigenvalue weighted by atomic mass is 16.4. The molecule has 19 heavy (non-hydrogen) atoms. The van der Waals surface area contributed by atoms with E-state index in [0.717, 1.165) is 11.1 Å². The number of benzene rings is 2. The van der Waals surface area contributed by atoms with Crippen LogP contribution in [0, 0.1) is 11.3 Å². The van der Waals surface area contributed by atoms with Crippen molar-refractivity contribution in [1.29, 1.82) is 5.26 Å². The molecule has 0 fully saturated rings. The van der Waals surface area contributed by atoms with Crippen molar-refractivity contribution in [3.63, 3.8) is 0 Å². The third-order valence-electron chi connectivity index (χ3n) is 3.02. The lowest BCUT2D eigenvalue weighted by molar-refractivity contribution is -0.138. The first-order valence-corrected chi connectivity index (χ1v) is 5.97. The molecule has 1 N–H and O–H groups in total. The van der Waals surface area contributed by atoms with Crippen LogP contribution in [0.15, 0.2) is 54.6 Å². The van der Waals surface area contributed by atoms with Gasteiger partial charge in [0.1, 0.15) is 0 Å². The van der Waals surface area contributed by atoms with Crippen LogP contribution in [0.25, 0.3) is 0 Å². The van der Waals surface area contributed by atoms with Crippen molar-refractivity contribution in [3.05, 3.63) is 71.3 Å². The maximum atomic E-state index is 11.4. The van der Waals surface area contributed by atoms with E-state index >= 15 is 0 Å². The Bertz CT molecular complexity index is 597. The summed E-state index contributed by atoms with van der Waals surface area (Å²) in [5.74, 6) is -1.40. The first-order chi connectivity index (χ1) is 9.20. The predicted molar refractivity (Wildman–Crippen MR) is 71.7 cm³/mol. The largest absolute Gasteiger partial charge is 0.481 e. The fourth-order valence-electron chi connectivity index (χ4n) is 1.98. The summed E-state index contributed by atoms with van der Waals surface area (Å²) in [4.78, 5) is 11.4. The second kappa shape index (κ2) is 5.83. The molecule has 94 valence electrons. The molecule has 0 aliphatic heterocycles. The number of hydrogen-bond acceptors (Lipinski definition) is 2. The van der Waals surface area contributed by atoms with Crippen molar-refractivity contribution in [2.75, 3.05) is 0 Å². The molecule has 0 heterocycles. The minimum atomic E-state index is -0.837. The summed E-state index contributed by atoms with van der Waals surface area (Å²) in [6.07, 6.45) is 0.422. The number of carboxylic acid groups (broad SMARTS) is 1. The highest BCUT2D eigenvalue weighted by molar-refractivity contribution is 5.76. The van der Waals surface area contributed by atoms with Gasteiger partial charge in [0, 0.05) is 0 Å². The van der Waals surface area contributed by atoms with Crippen LogP contribution in [0.2, 0.25) is 0 Å². The van der Waals surface area contributed by atoms with Gasteiger partial charge in [0.2, 0.25) is 0 Å². The molecule has 0 bridgehead atoms. The molecule has 0 spiro atoms. The third-order valence-corrected chi connectivity index (χ3v) is 3.02. The first kappa shape index (κ1) is 12.8. The van der Waals surface area contributed by atoms with Gasteiger partial charge in [-0.25, -0.2) is 0 Å². The Morgan fingerprint density at radius 1 is 1.11 bits per heavy atom. The average molecular weight is 251 g/mol. The molecule has 2 rings (SSSR count). The molecule has 0 amide bonds. The third kappa shape index (κ3) is 3.20. The summed E-state index contributed by atoms with van der Waals surface area (Å²) in [5.41, 5.74) is 2.28. The van der Waals surface area contributed by atoms with Gasteiger partial charge in [-0.05, 0) is 29.7 Å². The minimum Gasteiger partial charge on any atom is -0.481 e. The molecule has 3 nitrogen and oxygen atoms in total. The number of carbonyl (C=O) groups is 1. The highest BCUT2D eigenvalue weighted by Gasteiger charge is 2.19. The maximum Gasteiger partial charge on any atom is 0.311 e. The zero-order valence-electron chi connectivity index (χ0n) is 10.3. The number of carboxylic acids is 1. The second-order valence-corrected chi connectivity index (χ2v) is 4.31. The van der Waals surface area contributed by atoms with Crippen LogP contribution < -0.4 is 0 Å². The zero-order chi connectivity index (χ0) is 13.7. The van der Waals surface area contributed by atoms with E-state index in [1.165, 1.54) is 0 Å². The lowest BCUT2D eigenvalue weighted by Crippen LogP contribution is -2.14. The van der Waals surface area contributed by atoms with Gasteiger partial charge < -0.3 is 5.11 Å². The van der Waals surface area contributed by atoms with E-state index in [9.17, 15) is 9.90 Å². The van der Waals surface area contributed by atoms with Crippen LogP contribution in [-0.2, 0) is 11.2 Å². The van der Waals surface area contributed by atoms with Crippen molar-refractivity contribution in [2.24, 2.45) is 0 Å². The van der Waals surface area contributed by atoms with Crippen molar-refractivity contribution in [1.82, 2.24) is 0 Å². The van der Waals surface area contributed by atoms with Gasteiger partial charge in [0.25, 0.3) is 0 Å². The molecule has 2 aromatic rings. The summed E-state index contributed by atoms with van der Waals surface area (Å²) in [5, 5.41) is 18.1. The summed E-state index contributed by atoms with van der Waals surface area (Å²) in [7, 11) is 0. The van der Waals surface area contributed by atoms with E-state index in [4.69, 9.17) is 5.26 Å². The van der Waals surface area contributed by atoms with E-state index in [2.05, 4.69) is 0 Å². The summed E-state index contributed by atoms with van der Waals surface area (Å²) < 4.78 is 0. The van der Waals surface area contributed by atoms with Crippen molar-refractivity contribution < 1.29 is 9.90 Å². The molecule has 0 saturated carbocycles. The Morgan fingerprint density at radius 3 is 2.26 bits per heavy atom. The van der Waals surface area contributed by atoms with Crippen molar-refractivity contribution in [3.8, 4) is 6.07 Å². The second-order valence-electron chi connectivity index (χ2n) is 4.31. The number of nitrogens with zero attached hydrogens (tertiary/aromatic N) is 1.